The third kappa shape index (κ3) is 2.02. The highest BCUT2D eigenvalue weighted by Crippen LogP contribution is 2.41. The maximum Gasteiger partial charge on any atom is 0.289 e. The van der Waals surface area contributed by atoms with Crippen LogP contribution in [0, 0.1) is 12.3 Å². The molecule has 0 fully saturated rings. The van der Waals surface area contributed by atoms with E-state index in [-0.39, 0.29) is 24.7 Å². The van der Waals surface area contributed by atoms with Gasteiger partial charge in [0.25, 0.3) is 5.92 Å². The Labute approximate surface area is 116 Å². The van der Waals surface area contributed by atoms with Crippen LogP contribution in [0.25, 0.3) is 0 Å². The topological polar surface area (TPSA) is 50.1 Å². The molecule has 1 aromatic rings. The molecule has 0 saturated carbocycles. The van der Waals surface area contributed by atoms with Gasteiger partial charge in [0.05, 0.1) is 12.2 Å². The van der Waals surface area contributed by atoms with Crippen LogP contribution in [-0.4, -0.2) is 26.5 Å². The SMILES string of the molecule is C#CC1(O)CCC(F)(F)c2c3c(nn2C1)C[C@@H](C)NC3. The molecular weight excluding hydrogens is 264 g/mol. The van der Waals surface area contributed by atoms with Gasteiger partial charge in [-0.2, -0.15) is 13.9 Å². The van der Waals surface area contributed by atoms with Crippen molar-refractivity contribution >= 4 is 0 Å². The molecule has 0 radical (unpaired) electrons. The molecule has 3 heterocycles. The maximum atomic E-state index is 14.4. The van der Waals surface area contributed by atoms with E-state index in [4.69, 9.17) is 6.42 Å². The Morgan fingerprint density at radius 3 is 2.95 bits per heavy atom. The molecule has 1 aromatic heterocycles. The second kappa shape index (κ2) is 4.27. The number of halogens is 2. The van der Waals surface area contributed by atoms with Gasteiger partial charge in [0, 0.05) is 31.0 Å². The van der Waals surface area contributed by atoms with Crippen LogP contribution >= 0.6 is 0 Å². The van der Waals surface area contributed by atoms with Crippen LogP contribution < -0.4 is 5.32 Å². The average Bonchev–Trinajstić information content (AvgIpc) is 2.69. The minimum atomic E-state index is -3.01. The van der Waals surface area contributed by atoms with Crippen molar-refractivity contribution in [3.63, 3.8) is 0 Å². The van der Waals surface area contributed by atoms with E-state index in [1.165, 1.54) is 4.68 Å². The van der Waals surface area contributed by atoms with Crippen LogP contribution in [0.2, 0.25) is 0 Å². The molecule has 2 aliphatic rings. The van der Waals surface area contributed by atoms with Gasteiger partial charge in [0.2, 0.25) is 0 Å². The molecule has 0 aliphatic carbocycles. The average molecular weight is 281 g/mol. The second-order valence-corrected chi connectivity index (χ2v) is 5.80. The van der Waals surface area contributed by atoms with Crippen LogP contribution in [0.4, 0.5) is 8.78 Å². The smallest absolute Gasteiger partial charge is 0.289 e. The molecular formula is C14H17F2N3O. The van der Waals surface area contributed by atoms with Crippen molar-refractivity contribution in [2.75, 3.05) is 0 Å². The van der Waals surface area contributed by atoms with Crippen molar-refractivity contribution in [1.29, 1.82) is 0 Å². The number of nitrogens with one attached hydrogen (secondary N) is 1. The van der Waals surface area contributed by atoms with Gasteiger partial charge in [-0.15, -0.1) is 6.42 Å². The number of aliphatic hydroxyl groups is 1. The van der Waals surface area contributed by atoms with Crippen LogP contribution in [0.15, 0.2) is 0 Å². The van der Waals surface area contributed by atoms with Gasteiger partial charge in [0.15, 0.2) is 0 Å². The molecule has 4 nitrogen and oxygen atoms in total. The lowest BCUT2D eigenvalue weighted by atomic mass is 9.95. The van der Waals surface area contributed by atoms with E-state index in [1.807, 2.05) is 6.92 Å². The lowest BCUT2D eigenvalue weighted by molar-refractivity contribution is -0.0297. The molecule has 2 atom stereocenters. The summed E-state index contributed by atoms with van der Waals surface area (Å²) < 4.78 is 30.0. The van der Waals surface area contributed by atoms with Crippen LogP contribution in [-0.2, 0) is 25.4 Å². The molecule has 3 rings (SSSR count). The van der Waals surface area contributed by atoms with Crippen molar-refractivity contribution in [1.82, 2.24) is 15.1 Å². The number of hydrogen-bond acceptors (Lipinski definition) is 3. The zero-order valence-electron chi connectivity index (χ0n) is 11.3. The van der Waals surface area contributed by atoms with Gasteiger partial charge in [-0.05, 0) is 13.3 Å². The fourth-order valence-corrected chi connectivity index (χ4v) is 2.99. The molecule has 20 heavy (non-hydrogen) atoms. The van der Waals surface area contributed by atoms with Gasteiger partial charge in [-0.3, -0.25) is 4.68 Å². The first kappa shape index (κ1) is 13.5. The third-order valence-electron chi connectivity index (χ3n) is 4.14. The van der Waals surface area contributed by atoms with Crippen LogP contribution in [0.5, 0.6) is 0 Å². The van der Waals surface area contributed by atoms with Gasteiger partial charge >= 0.3 is 0 Å². The van der Waals surface area contributed by atoms with Crippen molar-refractivity contribution in [2.45, 2.75) is 56.8 Å². The number of alkyl halides is 2. The highest BCUT2D eigenvalue weighted by molar-refractivity contribution is 5.33. The molecule has 108 valence electrons. The summed E-state index contributed by atoms with van der Waals surface area (Å²) in [6.07, 6.45) is 5.33. The number of aromatic nitrogens is 2. The molecule has 0 amide bonds. The van der Waals surface area contributed by atoms with E-state index in [2.05, 4.69) is 16.3 Å². The summed E-state index contributed by atoms with van der Waals surface area (Å²) in [4.78, 5) is 0. The summed E-state index contributed by atoms with van der Waals surface area (Å²) in [7, 11) is 0. The van der Waals surface area contributed by atoms with E-state index in [1.54, 1.807) is 0 Å². The maximum absolute atomic E-state index is 14.4. The number of nitrogens with zero attached hydrogens (tertiary/aromatic N) is 2. The number of hydrogen-bond donors (Lipinski definition) is 2. The van der Waals surface area contributed by atoms with Gasteiger partial charge in [-0.25, -0.2) is 0 Å². The predicted molar refractivity (Wildman–Crippen MR) is 69.1 cm³/mol. The first-order valence-electron chi connectivity index (χ1n) is 6.75. The molecule has 0 spiro atoms. The lowest BCUT2D eigenvalue weighted by Crippen LogP contribution is -2.34. The summed E-state index contributed by atoms with van der Waals surface area (Å²) in [5.74, 6) is -0.776. The van der Waals surface area contributed by atoms with E-state index in [0.717, 1.165) is 0 Å². The predicted octanol–water partition coefficient (Wildman–Crippen LogP) is 1.17. The molecule has 2 N–H and O–H groups in total. The van der Waals surface area contributed by atoms with E-state index < -0.39 is 17.9 Å². The van der Waals surface area contributed by atoms with Gasteiger partial charge in [-0.1, -0.05) is 5.92 Å². The number of terminal acetylenes is 1. The summed E-state index contributed by atoms with van der Waals surface area (Å²) in [5.41, 5.74) is -0.387. The standard InChI is InChI=1S/C14H17F2N3O/c1-3-13(20)4-5-14(15,16)12-10-7-17-9(2)6-11(10)18-19(12)8-13/h1,9,17,20H,4-8H2,2H3/t9-,13?/m1/s1. The molecule has 6 heteroatoms. The van der Waals surface area contributed by atoms with Crippen molar-refractivity contribution in [2.24, 2.45) is 0 Å². The normalized spacial score (nSPS) is 31.9. The molecule has 2 aliphatic heterocycles. The second-order valence-electron chi connectivity index (χ2n) is 5.80. The highest BCUT2D eigenvalue weighted by Gasteiger charge is 2.46. The molecule has 1 unspecified atom stereocenters. The zero-order chi connectivity index (χ0) is 14.5. The molecule has 0 saturated heterocycles. The Bertz CT molecular complexity index is 590. The minimum absolute atomic E-state index is 0.0736. The summed E-state index contributed by atoms with van der Waals surface area (Å²) in [6, 6.07) is 0.210. The minimum Gasteiger partial charge on any atom is -0.376 e. The third-order valence-corrected chi connectivity index (χ3v) is 4.14. The van der Waals surface area contributed by atoms with Crippen LogP contribution in [0.1, 0.15) is 36.7 Å². The monoisotopic (exact) mass is 281 g/mol. The van der Waals surface area contributed by atoms with Crippen molar-refractivity contribution < 1.29 is 13.9 Å². The summed E-state index contributed by atoms with van der Waals surface area (Å²) >= 11 is 0. The Morgan fingerprint density at radius 2 is 2.25 bits per heavy atom. The zero-order valence-corrected chi connectivity index (χ0v) is 11.3. The largest absolute Gasteiger partial charge is 0.376 e. The Kier molecular flexibility index (Phi) is 2.89. The Balaban J connectivity index is 2.12. The van der Waals surface area contributed by atoms with E-state index in [0.29, 0.717) is 24.2 Å². The van der Waals surface area contributed by atoms with E-state index >= 15 is 0 Å². The first-order valence-corrected chi connectivity index (χ1v) is 6.75. The summed E-state index contributed by atoms with van der Waals surface area (Å²) in [6.45, 7) is 2.30. The molecule has 0 bridgehead atoms. The Morgan fingerprint density at radius 1 is 1.50 bits per heavy atom. The fraction of sp³-hybridized carbons (Fsp3) is 0.643. The quantitative estimate of drug-likeness (QED) is 0.702. The highest BCUT2D eigenvalue weighted by atomic mass is 19.3. The van der Waals surface area contributed by atoms with E-state index in [9.17, 15) is 13.9 Å². The lowest BCUT2D eigenvalue weighted by Gasteiger charge is -2.22. The van der Waals surface area contributed by atoms with Crippen LogP contribution in [0.3, 0.4) is 0 Å². The van der Waals surface area contributed by atoms with Gasteiger partial charge in [0.1, 0.15) is 11.3 Å². The fourth-order valence-electron chi connectivity index (χ4n) is 2.99. The van der Waals surface area contributed by atoms with Crippen molar-refractivity contribution in [3.8, 4) is 12.3 Å². The molecule has 0 aromatic carbocycles. The Hall–Kier alpha value is -1.45. The van der Waals surface area contributed by atoms with Crippen molar-refractivity contribution in [3.05, 3.63) is 17.0 Å². The van der Waals surface area contributed by atoms with Gasteiger partial charge < -0.3 is 10.4 Å². The number of fused-ring (bicyclic) bond motifs is 3. The summed E-state index contributed by atoms with van der Waals surface area (Å²) in [5, 5.41) is 17.7. The number of rotatable bonds is 0. The first-order chi connectivity index (χ1) is 9.35.